The van der Waals surface area contributed by atoms with Crippen LogP contribution in [-0.2, 0) is 0 Å². The molecule has 0 spiro atoms. The molecule has 4 aromatic rings. The number of nitrogens with two attached hydrogens (primary N) is 1. The van der Waals surface area contributed by atoms with Gasteiger partial charge in [0.2, 0.25) is 0 Å². The number of fused-ring (bicyclic) bond motifs is 1. The number of imidazole rings is 1. The topological polar surface area (TPSA) is 118 Å². The van der Waals surface area contributed by atoms with Gasteiger partial charge in [-0.05, 0) is 30.7 Å². The highest BCUT2D eigenvalue weighted by Crippen LogP contribution is 2.31. The quantitative estimate of drug-likeness (QED) is 0.547. The number of nitrogens with zero attached hydrogens (tertiary/aromatic N) is 6. The van der Waals surface area contributed by atoms with Gasteiger partial charge in [0.25, 0.3) is 0 Å². The Balaban J connectivity index is 1.83. The van der Waals surface area contributed by atoms with Crippen molar-refractivity contribution in [2.45, 2.75) is 13.0 Å². The number of rotatable bonds is 4. The Labute approximate surface area is 165 Å². The number of anilines is 2. The Morgan fingerprint density at radius 1 is 1.25 bits per heavy atom. The largest absolute Gasteiger partial charge is 0.382 e. The molecule has 0 aromatic carbocycles. The van der Waals surface area contributed by atoms with Gasteiger partial charge in [-0.2, -0.15) is 5.26 Å². The lowest BCUT2D eigenvalue weighted by molar-refractivity contribution is 0.868. The van der Waals surface area contributed by atoms with E-state index < -0.39 is 0 Å². The summed E-state index contributed by atoms with van der Waals surface area (Å²) in [6.45, 7) is 1.96. The Bertz CT molecular complexity index is 1200. The molecule has 0 aliphatic heterocycles. The molecule has 4 aromatic heterocycles. The van der Waals surface area contributed by atoms with Gasteiger partial charge in [-0.25, -0.2) is 15.0 Å². The van der Waals surface area contributed by atoms with Crippen molar-refractivity contribution in [2.75, 3.05) is 11.1 Å². The third-order valence-electron chi connectivity index (χ3n) is 4.38. The first-order valence-electron chi connectivity index (χ1n) is 8.43. The first kappa shape index (κ1) is 17.7. The number of nitriles is 1. The summed E-state index contributed by atoms with van der Waals surface area (Å²) in [6.07, 6.45) is 6.55. The number of hydrogen-bond acceptors (Lipinski definition) is 7. The van der Waals surface area contributed by atoms with E-state index in [0.29, 0.717) is 16.6 Å². The summed E-state index contributed by atoms with van der Waals surface area (Å²) in [4.78, 5) is 16.8. The molecule has 1 atom stereocenters. The van der Waals surface area contributed by atoms with E-state index in [2.05, 4.69) is 25.3 Å². The van der Waals surface area contributed by atoms with E-state index in [0.717, 1.165) is 16.8 Å². The molecule has 3 N–H and O–H groups in total. The van der Waals surface area contributed by atoms with Crippen LogP contribution in [0.4, 0.5) is 11.6 Å². The SMILES string of the molecule is C[C@H](Nc1ncnc(N)c1C#N)c1cc2ncc(Cl)n2cc1-c1ccccn1. The Hall–Kier alpha value is -3.70. The monoisotopic (exact) mass is 390 g/mol. The van der Waals surface area contributed by atoms with E-state index in [4.69, 9.17) is 17.3 Å². The zero-order valence-electron chi connectivity index (χ0n) is 14.8. The maximum Gasteiger partial charge on any atom is 0.150 e. The summed E-state index contributed by atoms with van der Waals surface area (Å²) in [5, 5.41) is 13.1. The lowest BCUT2D eigenvalue weighted by atomic mass is 10.0. The second-order valence-electron chi connectivity index (χ2n) is 6.13. The molecule has 0 amide bonds. The van der Waals surface area contributed by atoms with Crippen LogP contribution >= 0.6 is 11.6 Å². The van der Waals surface area contributed by atoms with Gasteiger partial charge in [-0.1, -0.05) is 17.7 Å². The van der Waals surface area contributed by atoms with Crippen molar-refractivity contribution in [2.24, 2.45) is 0 Å². The van der Waals surface area contributed by atoms with Crippen molar-refractivity contribution >= 4 is 28.9 Å². The molecule has 0 aliphatic carbocycles. The second-order valence-corrected chi connectivity index (χ2v) is 6.51. The zero-order valence-corrected chi connectivity index (χ0v) is 15.6. The molecule has 8 nitrogen and oxygen atoms in total. The summed E-state index contributed by atoms with van der Waals surface area (Å²) in [7, 11) is 0. The van der Waals surface area contributed by atoms with Crippen molar-refractivity contribution in [3.63, 3.8) is 0 Å². The number of nitrogen functional groups attached to an aromatic ring is 1. The summed E-state index contributed by atoms with van der Waals surface area (Å²) in [6, 6.07) is 9.45. The van der Waals surface area contributed by atoms with Gasteiger partial charge in [0, 0.05) is 18.0 Å². The molecule has 4 rings (SSSR count). The summed E-state index contributed by atoms with van der Waals surface area (Å²) < 4.78 is 1.80. The van der Waals surface area contributed by atoms with Crippen molar-refractivity contribution in [1.29, 1.82) is 5.26 Å². The van der Waals surface area contributed by atoms with E-state index in [-0.39, 0.29) is 17.4 Å². The van der Waals surface area contributed by atoms with Crippen molar-refractivity contribution in [1.82, 2.24) is 24.3 Å². The van der Waals surface area contributed by atoms with Gasteiger partial charge in [-0.3, -0.25) is 9.38 Å². The lowest BCUT2D eigenvalue weighted by Crippen LogP contribution is -2.13. The molecule has 0 saturated heterocycles. The fourth-order valence-corrected chi connectivity index (χ4v) is 3.19. The molecular formula is C19H15ClN8. The molecular weight excluding hydrogens is 376 g/mol. The predicted molar refractivity (Wildman–Crippen MR) is 107 cm³/mol. The van der Waals surface area contributed by atoms with Gasteiger partial charge in [0.1, 0.15) is 40.4 Å². The fourth-order valence-electron chi connectivity index (χ4n) is 3.00. The third-order valence-corrected chi connectivity index (χ3v) is 4.66. The minimum absolute atomic E-state index is 0.132. The van der Waals surface area contributed by atoms with Crippen LogP contribution in [0, 0.1) is 11.3 Å². The third kappa shape index (κ3) is 3.08. The highest BCUT2D eigenvalue weighted by Gasteiger charge is 2.18. The Morgan fingerprint density at radius 2 is 2.11 bits per heavy atom. The Kier molecular flexibility index (Phi) is 4.51. The zero-order chi connectivity index (χ0) is 19.7. The van der Waals surface area contributed by atoms with Crippen LogP contribution in [0.2, 0.25) is 5.15 Å². The molecule has 0 fully saturated rings. The van der Waals surface area contributed by atoms with Crippen LogP contribution in [-0.4, -0.2) is 24.3 Å². The first-order valence-corrected chi connectivity index (χ1v) is 8.81. The lowest BCUT2D eigenvalue weighted by Gasteiger charge is -2.19. The van der Waals surface area contributed by atoms with E-state index in [1.807, 2.05) is 43.5 Å². The molecule has 138 valence electrons. The average Bonchev–Trinajstić information content (AvgIpc) is 3.08. The van der Waals surface area contributed by atoms with Crippen LogP contribution < -0.4 is 11.1 Å². The minimum Gasteiger partial charge on any atom is -0.382 e. The van der Waals surface area contributed by atoms with E-state index in [1.165, 1.54) is 6.33 Å². The maximum absolute atomic E-state index is 9.37. The normalized spacial score (nSPS) is 11.9. The second kappa shape index (κ2) is 7.13. The van der Waals surface area contributed by atoms with E-state index in [1.54, 1.807) is 16.8 Å². The molecule has 28 heavy (non-hydrogen) atoms. The Morgan fingerprint density at radius 3 is 2.86 bits per heavy atom. The van der Waals surface area contributed by atoms with Crippen molar-refractivity contribution in [3.05, 3.63) is 65.5 Å². The van der Waals surface area contributed by atoms with Crippen LogP contribution in [0.5, 0.6) is 0 Å². The molecule has 9 heteroatoms. The van der Waals surface area contributed by atoms with Crippen LogP contribution in [0.3, 0.4) is 0 Å². The van der Waals surface area contributed by atoms with Crippen LogP contribution in [0.25, 0.3) is 16.9 Å². The van der Waals surface area contributed by atoms with Crippen molar-refractivity contribution in [3.8, 4) is 17.3 Å². The summed E-state index contributed by atoms with van der Waals surface area (Å²) in [5.74, 6) is 0.503. The molecule has 0 bridgehead atoms. The van der Waals surface area contributed by atoms with Gasteiger partial charge < -0.3 is 11.1 Å². The van der Waals surface area contributed by atoms with E-state index in [9.17, 15) is 5.26 Å². The van der Waals surface area contributed by atoms with Crippen LogP contribution in [0.15, 0.2) is 49.2 Å². The molecule has 0 saturated carbocycles. The number of nitrogens with one attached hydrogen (secondary N) is 1. The predicted octanol–water partition coefficient (Wildman–Crippen LogP) is 3.47. The highest BCUT2D eigenvalue weighted by atomic mass is 35.5. The summed E-state index contributed by atoms with van der Waals surface area (Å²) in [5.41, 5.74) is 9.31. The number of pyridine rings is 2. The minimum atomic E-state index is -0.223. The highest BCUT2D eigenvalue weighted by molar-refractivity contribution is 6.29. The molecule has 0 radical (unpaired) electrons. The standard InChI is InChI=1S/C19H15ClN8/c1-11(27-19-13(7-21)18(22)25-10-26-19)12-6-17-24-8-16(20)28(17)9-14(12)15-4-2-3-5-23-15/h2-6,8-11H,1H3,(H3,22,25,26,27)/t11-/m0/s1. The summed E-state index contributed by atoms with van der Waals surface area (Å²) >= 11 is 6.25. The number of hydrogen-bond donors (Lipinski definition) is 2. The molecule has 0 unspecified atom stereocenters. The molecule has 4 heterocycles. The smallest absolute Gasteiger partial charge is 0.150 e. The van der Waals surface area contributed by atoms with Gasteiger partial charge >= 0.3 is 0 Å². The maximum atomic E-state index is 9.37. The number of halogens is 1. The van der Waals surface area contributed by atoms with Gasteiger partial charge in [0.15, 0.2) is 0 Å². The first-order chi connectivity index (χ1) is 13.6. The van der Waals surface area contributed by atoms with E-state index >= 15 is 0 Å². The average molecular weight is 391 g/mol. The fraction of sp³-hybridized carbons (Fsp3) is 0.105. The van der Waals surface area contributed by atoms with Gasteiger partial charge in [0.05, 0.1) is 17.9 Å². The molecule has 0 aliphatic rings. The van der Waals surface area contributed by atoms with Crippen molar-refractivity contribution < 1.29 is 0 Å². The number of aromatic nitrogens is 5. The van der Waals surface area contributed by atoms with Gasteiger partial charge in [-0.15, -0.1) is 0 Å². The van der Waals surface area contributed by atoms with Crippen LogP contribution in [0.1, 0.15) is 24.1 Å².